The number of aromatic nitrogens is 2. The van der Waals surface area contributed by atoms with Crippen molar-refractivity contribution >= 4 is 0 Å². The van der Waals surface area contributed by atoms with Crippen molar-refractivity contribution in [1.82, 2.24) is 14.7 Å². The van der Waals surface area contributed by atoms with Gasteiger partial charge in [0.15, 0.2) is 0 Å². The lowest BCUT2D eigenvalue weighted by atomic mass is 10.0. The Kier molecular flexibility index (Phi) is 8.92. The summed E-state index contributed by atoms with van der Waals surface area (Å²) in [5.74, 6) is 2.49. The number of hydrogen-bond donors (Lipinski definition) is 1. The van der Waals surface area contributed by atoms with E-state index in [9.17, 15) is 5.11 Å². The van der Waals surface area contributed by atoms with Gasteiger partial charge in [-0.15, -0.1) is 0 Å². The van der Waals surface area contributed by atoms with Crippen molar-refractivity contribution < 1.29 is 14.6 Å². The molecule has 3 rings (SSSR count). The van der Waals surface area contributed by atoms with E-state index in [-0.39, 0.29) is 12.0 Å². The summed E-state index contributed by atoms with van der Waals surface area (Å²) in [7, 11) is 1.66. The first-order chi connectivity index (χ1) is 16.0. The predicted molar refractivity (Wildman–Crippen MR) is 133 cm³/mol. The second kappa shape index (κ2) is 11.9. The minimum Gasteiger partial charge on any atom is -0.497 e. The Bertz CT molecular complexity index is 984. The third-order valence-corrected chi connectivity index (χ3v) is 5.65. The number of hydrogen-bond acceptors (Lipinski definition) is 5. The number of para-hydroxylation sites is 1. The second-order valence-electron chi connectivity index (χ2n) is 8.65. The van der Waals surface area contributed by atoms with E-state index >= 15 is 0 Å². The van der Waals surface area contributed by atoms with Crippen molar-refractivity contribution in [1.29, 1.82) is 0 Å². The molecule has 1 heterocycles. The fraction of sp³-hybridized carbons (Fsp3) is 0.444. The largest absolute Gasteiger partial charge is 0.497 e. The molecular formula is C27H37N3O3. The summed E-state index contributed by atoms with van der Waals surface area (Å²) in [5.41, 5.74) is 2.97. The zero-order chi connectivity index (χ0) is 23.8. The number of rotatable bonds is 12. The second-order valence-corrected chi connectivity index (χ2v) is 8.65. The van der Waals surface area contributed by atoms with E-state index in [4.69, 9.17) is 14.6 Å². The molecule has 0 spiro atoms. The minimum absolute atomic E-state index is 0.220. The van der Waals surface area contributed by atoms with Crippen LogP contribution >= 0.6 is 0 Å². The lowest BCUT2D eigenvalue weighted by molar-refractivity contribution is 0.105. The van der Waals surface area contributed by atoms with Gasteiger partial charge in [-0.1, -0.05) is 45.9 Å². The highest BCUT2D eigenvalue weighted by atomic mass is 16.5. The molecule has 0 amide bonds. The summed E-state index contributed by atoms with van der Waals surface area (Å²) < 4.78 is 13.7. The molecule has 0 saturated carbocycles. The Labute approximate surface area is 197 Å². The molecule has 0 bridgehead atoms. The molecule has 2 aromatic carbocycles. The molecule has 1 aromatic heterocycles. The summed E-state index contributed by atoms with van der Waals surface area (Å²) in [5, 5.41) is 15.3. The molecule has 0 fully saturated rings. The first kappa shape index (κ1) is 24.8. The van der Waals surface area contributed by atoms with E-state index in [1.54, 1.807) is 7.11 Å². The van der Waals surface area contributed by atoms with Gasteiger partial charge in [0.25, 0.3) is 0 Å². The normalized spacial score (nSPS) is 12.4. The molecule has 33 heavy (non-hydrogen) atoms. The first-order valence-corrected chi connectivity index (χ1v) is 11.9. The molecule has 1 N–H and O–H groups in total. The number of aliphatic hydroxyl groups is 1. The number of aliphatic hydroxyl groups excluding tert-OH is 1. The zero-order valence-electron chi connectivity index (χ0n) is 20.5. The highest BCUT2D eigenvalue weighted by Gasteiger charge is 2.25. The molecular weight excluding hydrogens is 414 g/mol. The van der Waals surface area contributed by atoms with Gasteiger partial charge in [0.05, 0.1) is 30.2 Å². The molecule has 0 radical (unpaired) electrons. The maximum atomic E-state index is 10.3. The summed E-state index contributed by atoms with van der Waals surface area (Å²) in [6, 6.07) is 17.6. The van der Waals surface area contributed by atoms with E-state index in [1.807, 2.05) is 66.2 Å². The number of nitrogens with zero attached hydrogens (tertiary/aromatic N) is 3. The minimum atomic E-state index is -0.353. The Hall–Kier alpha value is -2.83. The van der Waals surface area contributed by atoms with Gasteiger partial charge >= 0.3 is 0 Å². The molecule has 3 aromatic rings. The smallest absolute Gasteiger partial charge is 0.227 e. The third kappa shape index (κ3) is 6.36. The molecule has 0 aliphatic carbocycles. The van der Waals surface area contributed by atoms with Gasteiger partial charge in [0, 0.05) is 13.1 Å². The third-order valence-electron chi connectivity index (χ3n) is 5.65. The SMILES string of the molecule is CCCN(Cc1c(C(C)C)nn(-c2ccc(OC)cc2)c1Oc1ccccc1)CC(O)CC. The maximum Gasteiger partial charge on any atom is 0.227 e. The summed E-state index contributed by atoms with van der Waals surface area (Å²) >= 11 is 0. The van der Waals surface area contributed by atoms with Crippen molar-refractivity contribution in [2.75, 3.05) is 20.2 Å². The average molecular weight is 452 g/mol. The fourth-order valence-corrected chi connectivity index (χ4v) is 3.87. The van der Waals surface area contributed by atoms with Gasteiger partial charge in [-0.25, -0.2) is 4.68 Å². The average Bonchev–Trinajstić information content (AvgIpc) is 3.17. The van der Waals surface area contributed by atoms with Gasteiger partial charge in [0.1, 0.15) is 11.5 Å². The van der Waals surface area contributed by atoms with Crippen LogP contribution in [0.2, 0.25) is 0 Å². The zero-order valence-corrected chi connectivity index (χ0v) is 20.5. The van der Waals surface area contributed by atoms with Gasteiger partial charge < -0.3 is 14.6 Å². The van der Waals surface area contributed by atoms with Crippen LogP contribution in [0.3, 0.4) is 0 Å². The van der Waals surface area contributed by atoms with Crippen molar-refractivity contribution in [2.45, 2.75) is 59.1 Å². The molecule has 1 atom stereocenters. The van der Waals surface area contributed by atoms with Crippen LogP contribution in [0.25, 0.3) is 5.69 Å². The standard InChI is InChI=1S/C27H37N3O3/c1-6-17-29(18-22(31)7-2)19-25-26(20(3)4)28-30(21-13-15-23(32-5)16-14-21)27(25)33-24-11-9-8-10-12-24/h8-16,20,22,31H,6-7,17-19H2,1-5H3. The van der Waals surface area contributed by atoms with Crippen LogP contribution in [0.5, 0.6) is 17.4 Å². The van der Waals surface area contributed by atoms with E-state index in [0.717, 1.165) is 47.8 Å². The van der Waals surface area contributed by atoms with Crippen molar-refractivity contribution in [3.8, 4) is 23.1 Å². The number of benzene rings is 2. The van der Waals surface area contributed by atoms with Gasteiger partial charge in [0.2, 0.25) is 5.88 Å². The maximum absolute atomic E-state index is 10.3. The number of ether oxygens (including phenoxy) is 2. The Morgan fingerprint density at radius 3 is 2.27 bits per heavy atom. The van der Waals surface area contributed by atoms with Crippen LogP contribution in [-0.4, -0.2) is 46.1 Å². The quantitative estimate of drug-likeness (QED) is 0.378. The van der Waals surface area contributed by atoms with Gasteiger partial charge in [-0.05, 0) is 61.7 Å². The molecule has 6 heteroatoms. The highest BCUT2D eigenvalue weighted by molar-refractivity contribution is 5.46. The first-order valence-electron chi connectivity index (χ1n) is 11.9. The molecule has 178 valence electrons. The van der Waals surface area contributed by atoms with Crippen molar-refractivity contribution in [2.24, 2.45) is 0 Å². The van der Waals surface area contributed by atoms with Crippen LogP contribution < -0.4 is 9.47 Å². The highest BCUT2D eigenvalue weighted by Crippen LogP contribution is 2.35. The lowest BCUT2D eigenvalue weighted by Gasteiger charge is -2.25. The molecule has 0 aliphatic rings. The molecule has 0 saturated heterocycles. The molecule has 1 unspecified atom stereocenters. The van der Waals surface area contributed by atoms with Crippen LogP contribution in [0.15, 0.2) is 54.6 Å². The molecule has 6 nitrogen and oxygen atoms in total. The van der Waals surface area contributed by atoms with Crippen LogP contribution in [0.4, 0.5) is 0 Å². The summed E-state index contributed by atoms with van der Waals surface area (Å²) in [4.78, 5) is 2.30. The van der Waals surface area contributed by atoms with Crippen molar-refractivity contribution in [3.05, 3.63) is 65.9 Å². The predicted octanol–water partition coefficient (Wildman–Crippen LogP) is 5.78. The fourth-order valence-electron chi connectivity index (χ4n) is 3.87. The van der Waals surface area contributed by atoms with E-state index in [1.165, 1.54) is 0 Å². The number of methoxy groups -OCH3 is 1. The topological polar surface area (TPSA) is 59.8 Å². The Morgan fingerprint density at radius 1 is 1.00 bits per heavy atom. The molecule has 0 aliphatic heterocycles. The van der Waals surface area contributed by atoms with Crippen LogP contribution in [0.1, 0.15) is 57.7 Å². The van der Waals surface area contributed by atoms with E-state index < -0.39 is 0 Å². The van der Waals surface area contributed by atoms with Crippen LogP contribution in [-0.2, 0) is 6.54 Å². The Morgan fingerprint density at radius 2 is 1.70 bits per heavy atom. The van der Waals surface area contributed by atoms with Crippen LogP contribution in [0, 0.1) is 0 Å². The van der Waals surface area contributed by atoms with Crippen molar-refractivity contribution in [3.63, 3.8) is 0 Å². The van der Waals surface area contributed by atoms with Gasteiger partial charge in [-0.3, -0.25) is 4.90 Å². The lowest BCUT2D eigenvalue weighted by Crippen LogP contribution is -2.32. The Balaban J connectivity index is 2.10. The van der Waals surface area contributed by atoms with E-state index in [0.29, 0.717) is 19.0 Å². The summed E-state index contributed by atoms with van der Waals surface area (Å²) in [6.07, 6.45) is 1.39. The van der Waals surface area contributed by atoms with E-state index in [2.05, 4.69) is 25.7 Å². The monoisotopic (exact) mass is 451 g/mol. The van der Waals surface area contributed by atoms with Gasteiger partial charge in [-0.2, -0.15) is 5.10 Å². The summed E-state index contributed by atoms with van der Waals surface area (Å²) in [6.45, 7) is 10.7.